The van der Waals surface area contributed by atoms with Crippen LogP contribution in [-0.2, 0) is 13.0 Å². The molecular formula is C14H26N4. The van der Waals surface area contributed by atoms with Gasteiger partial charge in [0.15, 0.2) is 0 Å². The highest BCUT2D eigenvalue weighted by molar-refractivity contribution is 5.34. The van der Waals surface area contributed by atoms with Crippen LogP contribution in [0.1, 0.15) is 45.2 Å². The van der Waals surface area contributed by atoms with Crippen molar-refractivity contribution >= 4 is 5.95 Å². The van der Waals surface area contributed by atoms with Gasteiger partial charge >= 0.3 is 0 Å². The first-order valence-corrected chi connectivity index (χ1v) is 7.31. The Balaban J connectivity index is 2.11. The van der Waals surface area contributed by atoms with Crippen LogP contribution >= 0.6 is 0 Å². The van der Waals surface area contributed by atoms with Crippen molar-refractivity contribution in [1.82, 2.24) is 9.55 Å². The number of hydrogen-bond acceptors (Lipinski definition) is 3. The summed E-state index contributed by atoms with van der Waals surface area (Å²) in [6.07, 6.45) is 7.85. The number of aryl methyl sites for hydroxylation is 2. The largest absolute Gasteiger partial charge is 0.342 e. The predicted octanol–water partition coefficient (Wildman–Crippen LogP) is 2.17. The Morgan fingerprint density at radius 3 is 2.67 bits per heavy atom. The molecule has 2 rings (SSSR count). The molecule has 18 heavy (non-hydrogen) atoms. The van der Waals surface area contributed by atoms with Crippen LogP contribution in [-0.4, -0.2) is 28.7 Å². The van der Waals surface area contributed by atoms with Crippen molar-refractivity contribution in [3.8, 4) is 0 Å². The van der Waals surface area contributed by atoms with Gasteiger partial charge in [0.05, 0.1) is 5.69 Å². The second-order valence-electron chi connectivity index (χ2n) is 5.26. The first-order chi connectivity index (χ1) is 8.74. The average molecular weight is 250 g/mol. The van der Waals surface area contributed by atoms with Gasteiger partial charge in [0.25, 0.3) is 0 Å². The van der Waals surface area contributed by atoms with E-state index in [9.17, 15) is 0 Å². The summed E-state index contributed by atoms with van der Waals surface area (Å²) >= 11 is 0. The van der Waals surface area contributed by atoms with Crippen molar-refractivity contribution < 1.29 is 0 Å². The van der Waals surface area contributed by atoms with Crippen LogP contribution in [0.3, 0.4) is 0 Å². The van der Waals surface area contributed by atoms with Gasteiger partial charge < -0.3 is 15.2 Å². The minimum absolute atomic E-state index is 0.381. The van der Waals surface area contributed by atoms with E-state index >= 15 is 0 Å². The fourth-order valence-corrected chi connectivity index (χ4v) is 2.47. The van der Waals surface area contributed by atoms with Gasteiger partial charge in [-0.25, -0.2) is 4.98 Å². The van der Waals surface area contributed by atoms with Crippen molar-refractivity contribution in [3.63, 3.8) is 0 Å². The lowest BCUT2D eigenvalue weighted by Gasteiger charge is -2.31. The Kier molecular flexibility index (Phi) is 4.64. The molecule has 2 heterocycles. The number of anilines is 1. The fourth-order valence-electron chi connectivity index (χ4n) is 2.47. The monoisotopic (exact) mass is 250 g/mol. The first-order valence-electron chi connectivity index (χ1n) is 7.31. The SMILES string of the molecule is CCCCn1cc(CC)nc1N1CCC(N)CC1. The minimum atomic E-state index is 0.381. The van der Waals surface area contributed by atoms with Gasteiger partial charge in [-0.05, 0) is 25.7 Å². The normalized spacial score (nSPS) is 17.4. The number of hydrogen-bond donors (Lipinski definition) is 1. The highest BCUT2D eigenvalue weighted by Gasteiger charge is 2.20. The second-order valence-corrected chi connectivity index (χ2v) is 5.26. The highest BCUT2D eigenvalue weighted by atomic mass is 15.3. The van der Waals surface area contributed by atoms with E-state index in [-0.39, 0.29) is 0 Å². The lowest BCUT2D eigenvalue weighted by Crippen LogP contribution is -2.40. The maximum absolute atomic E-state index is 5.97. The van der Waals surface area contributed by atoms with E-state index in [1.54, 1.807) is 0 Å². The number of unbranched alkanes of at least 4 members (excludes halogenated alkanes) is 1. The molecule has 0 radical (unpaired) electrons. The summed E-state index contributed by atoms with van der Waals surface area (Å²) in [5.41, 5.74) is 7.18. The molecule has 0 amide bonds. The van der Waals surface area contributed by atoms with E-state index in [2.05, 4.69) is 29.5 Å². The van der Waals surface area contributed by atoms with Crippen LogP contribution in [0.15, 0.2) is 6.20 Å². The molecule has 0 spiro atoms. The number of nitrogens with zero attached hydrogens (tertiary/aromatic N) is 3. The Hall–Kier alpha value is -1.03. The maximum Gasteiger partial charge on any atom is 0.205 e. The van der Waals surface area contributed by atoms with Crippen LogP contribution in [0.2, 0.25) is 0 Å². The molecule has 1 aliphatic rings. The van der Waals surface area contributed by atoms with E-state index < -0.39 is 0 Å². The molecule has 1 aromatic rings. The van der Waals surface area contributed by atoms with Crippen molar-refractivity contribution in [2.45, 2.75) is 58.5 Å². The molecule has 0 saturated carbocycles. The summed E-state index contributed by atoms with van der Waals surface area (Å²) in [5, 5.41) is 0. The molecule has 1 fully saturated rings. The number of piperidine rings is 1. The topological polar surface area (TPSA) is 47.1 Å². The standard InChI is InChI=1S/C14H26N4/c1-3-5-8-18-11-13(4-2)16-14(18)17-9-6-12(15)7-10-17/h11-12H,3-10,15H2,1-2H3. The van der Waals surface area contributed by atoms with Gasteiger partial charge in [-0.3, -0.25) is 0 Å². The molecular weight excluding hydrogens is 224 g/mol. The molecule has 0 aromatic carbocycles. The van der Waals surface area contributed by atoms with Gasteiger partial charge in [-0.15, -0.1) is 0 Å². The molecule has 2 N–H and O–H groups in total. The highest BCUT2D eigenvalue weighted by Crippen LogP contribution is 2.20. The van der Waals surface area contributed by atoms with E-state index in [1.165, 1.54) is 18.5 Å². The maximum atomic E-state index is 5.97. The molecule has 102 valence electrons. The zero-order valence-electron chi connectivity index (χ0n) is 11.7. The number of rotatable bonds is 5. The number of nitrogens with two attached hydrogens (primary N) is 1. The summed E-state index contributed by atoms with van der Waals surface area (Å²) in [4.78, 5) is 7.18. The zero-order chi connectivity index (χ0) is 13.0. The molecule has 0 atom stereocenters. The Morgan fingerprint density at radius 2 is 2.06 bits per heavy atom. The van der Waals surface area contributed by atoms with Crippen molar-refractivity contribution in [2.75, 3.05) is 18.0 Å². The quantitative estimate of drug-likeness (QED) is 0.871. The zero-order valence-corrected chi connectivity index (χ0v) is 11.7. The van der Waals surface area contributed by atoms with E-state index in [0.29, 0.717) is 6.04 Å². The molecule has 1 saturated heterocycles. The molecule has 1 aliphatic heterocycles. The van der Waals surface area contributed by atoms with Crippen molar-refractivity contribution in [2.24, 2.45) is 5.73 Å². The molecule has 0 bridgehead atoms. The smallest absolute Gasteiger partial charge is 0.205 e. The third-order valence-corrected chi connectivity index (χ3v) is 3.74. The second kappa shape index (κ2) is 6.23. The average Bonchev–Trinajstić information content (AvgIpc) is 2.80. The third-order valence-electron chi connectivity index (χ3n) is 3.74. The van der Waals surface area contributed by atoms with Crippen LogP contribution in [0, 0.1) is 0 Å². The number of imidazole rings is 1. The van der Waals surface area contributed by atoms with E-state index in [4.69, 9.17) is 10.7 Å². The van der Waals surface area contributed by atoms with Gasteiger partial charge in [0.2, 0.25) is 5.95 Å². The predicted molar refractivity (Wildman–Crippen MR) is 75.9 cm³/mol. The Labute approximate surface area is 110 Å². The lowest BCUT2D eigenvalue weighted by molar-refractivity contribution is 0.487. The van der Waals surface area contributed by atoms with Crippen molar-refractivity contribution in [3.05, 3.63) is 11.9 Å². The summed E-state index contributed by atoms with van der Waals surface area (Å²) in [6, 6.07) is 0.381. The van der Waals surface area contributed by atoms with Gasteiger partial charge in [0.1, 0.15) is 0 Å². The van der Waals surface area contributed by atoms with Gasteiger partial charge in [-0.2, -0.15) is 0 Å². The molecule has 4 nitrogen and oxygen atoms in total. The summed E-state index contributed by atoms with van der Waals surface area (Å²) in [5.74, 6) is 1.16. The lowest BCUT2D eigenvalue weighted by atomic mass is 10.1. The van der Waals surface area contributed by atoms with Gasteiger partial charge in [0, 0.05) is 31.9 Å². The van der Waals surface area contributed by atoms with Crippen molar-refractivity contribution in [1.29, 1.82) is 0 Å². The molecule has 0 aliphatic carbocycles. The van der Waals surface area contributed by atoms with E-state index in [0.717, 1.165) is 44.8 Å². The molecule has 4 heteroatoms. The molecule has 0 unspecified atom stereocenters. The van der Waals surface area contributed by atoms with Crippen LogP contribution in [0.4, 0.5) is 5.95 Å². The summed E-state index contributed by atoms with van der Waals surface area (Å²) < 4.78 is 2.33. The summed E-state index contributed by atoms with van der Waals surface area (Å²) in [6.45, 7) is 7.59. The number of aromatic nitrogens is 2. The first kappa shape index (κ1) is 13.4. The Bertz CT molecular complexity index is 364. The summed E-state index contributed by atoms with van der Waals surface area (Å²) in [7, 11) is 0. The third kappa shape index (κ3) is 3.05. The van der Waals surface area contributed by atoms with Crippen LogP contribution in [0.25, 0.3) is 0 Å². The van der Waals surface area contributed by atoms with Crippen LogP contribution in [0.5, 0.6) is 0 Å². The Morgan fingerprint density at radius 1 is 1.33 bits per heavy atom. The molecule has 1 aromatic heterocycles. The van der Waals surface area contributed by atoms with Crippen LogP contribution < -0.4 is 10.6 Å². The fraction of sp³-hybridized carbons (Fsp3) is 0.786. The minimum Gasteiger partial charge on any atom is -0.342 e. The van der Waals surface area contributed by atoms with E-state index in [1.807, 2.05) is 0 Å². The van der Waals surface area contributed by atoms with Gasteiger partial charge in [-0.1, -0.05) is 20.3 Å².